The van der Waals surface area contributed by atoms with Crippen LogP contribution in [0.1, 0.15) is 55.4 Å². The quantitative estimate of drug-likeness (QED) is 0.447. The molecule has 0 heterocycles. The van der Waals surface area contributed by atoms with Crippen LogP contribution < -0.4 is 0 Å². The maximum absolute atomic E-state index is 12.1. The lowest BCUT2D eigenvalue weighted by atomic mass is 9.75. The Kier molecular flexibility index (Phi) is 6.29. The van der Waals surface area contributed by atoms with E-state index in [1.54, 1.807) is 38.2 Å². The van der Waals surface area contributed by atoms with Gasteiger partial charge in [0.1, 0.15) is 11.5 Å². The van der Waals surface area contributed by atoms with Crippen molar-refractivity contribution in [2.24, 2.45) is 22.7 Å². The second-order valence-corrected chi connectivity index (χ2v) is 12.6. The zero-order valence-electron chi connectivity index (χ0n) is 19.5. The van der Waals surface area contributed by atoms with Gasteiger partial charge in [-0.3, -0.25) is 9.59 Å². The van der Waals surface area contributed by atoms with Gasteiger partial charge in [0.15, 0.2) is 0 Å². The Balaban J connectivity index is 2.76. The molecule has 0 saturated carbocycles. The number of rotatable bonds is 4. The maximum atomic E-state index is 12.1. The van der Waals surface area contributed by atoms with Gasteiger partial charge in [0.05, 0.1) is 21.3 Å². The van der Waals surface area contributed by atoms with Crippen molar-refractivity contribution in [1.82, 2.24) is 0 Å². The molecule has 31 heavy (non-hydrogen) atoms. The lowest BCUT2D eigenvalue weighted by Crippen LogP contribution is -2.49. The first kappa shape index (κ1) is 25.1. The zero-order valence-corrected chi connectivity index (χ0v) is 20.3. The Morgan fingerprint density at radius 1 is 0.774 bits per heavy atom. The van der Waals surface area contributed by atoms with E-state index in [-0.39, 0.29) is 11.5 Å². The number of thioether (sulfide) groups is 1. The van der Waals surface area contributed by atoms with Gasteiger partial charge >= 0.3 is 11.9 Å². The van der Waals surface area contributed by atoms with E-state index in [1.165, 1.54) is 0 Å². The lowest BCUT2D eigenvalue weighted by Gasteiger charge is -2.47. The number of aliphatic carboxylic acids is 2. The molecule has 2 rings (SSSR count). The third-order valence-electron chi connectivity index (χ3n) is 6.12. The summed E-state index contributed by atoms with van der Waals surface area (Å²) in [6, 6.07) is 0. The second-order valence-electron chi connectivity index (χ2n) is 10.7. The second kappa shape index (κ2) is 7.76. The number of aliphatic hydroxyl groups excluding tert-OH is 2. The van der Waals surface area contributed by atoms with Crippen LogP contribution in [0.3, 0.4) is 0 Å². The minimum atomic E-state index is -1.40. The van der Waals surface area contributed by atoms with Gasteiger partial charge in [-0.2, -0.15) is 0 Å². The van der Waals surface area contributed by atoms with Crippen molar-refractivity contribution in [3.63, 3.8) is 0 Å². The van der Waals surface area contributed by atoms with Crippen molar-refractivity contribution in [2.45, 2.75) is 64.9 Å². The van der Waals surface area contributed by atoms with Crippen LogP contribution in [0.25, 0.3) is 0 Å². The van der Waals surface area contributed by atoms with Gasteiger partial charge in [0.25, 0.3) is 0 Å². The summed E-state index contributed by atoms with van der Waals surface area (Å²) >= 11 is 0.995. The van der Waals surface area contributed by atoms with E-state index in [9.17, 15) is 30.0 Å². The number of carbonyl (C=O) groups is 2. The number of hydrogen-bond donors (Lipinski definition) is 4. The van der Waals surface area contributed by atoms with Gasteiger partial charge < -0.3 is 20.4 Å². The summed E-state index contributed by atoms with van der Waals surface area (Å²) in [4.78, 5) is 24.3. The lowest BCUT2D eigenvalue weighted by molar-refractivity contribution is -0.141. The molecule has 7 heteroatoms. The Bertz CT molecular complexity index is 837. The van der Waals surface area contributed by atoms with Crippen molar-refractivity contribution < 1.29 is 30.0 Å². The van der Waals surface area contributed by atoms with Crippen LogP contribution in [0.4, 0.5) is 0 Å². The zero-order chi connectivity index (χ0) is 24.2. The van der Waals surface area contributed by atoms with E-state index in [1.807, 2.05) is 41.5 Å². The highest BCUT2D eigenvalue weighted by Gasteiger charge is 2.56. The average Bonchev–Trinajstić information content (AvgIpc) is 2.56. The predicted octanol–water partition coefficient (Wildman–Crippen LogP) is 5.49. The summed E-state index contributed by atoms with van der Waals surface area (Å²) in [7, 11) is 0. The largest absolute Gasteiger partial charge is 0.510 e. The molecule has 4 atom stereocenters. The summed E-state index contributed by atoms with van der Waals surface area (Å²) in [5, 5.41) is 42.4. The molecular weight excluding hydrogens is 416 g/mol. The summed E-state index contributed by atoms with van der Waals surface area (Å²) in [5.74, 6) is -4.69. The van der Waals surface area contributed by atoms with Gasteiger partial charge in [-0.1, -0.05) is 65.8 Å². The minimum Gasteiger partial charge on any atom is -0.510 e. The summed E-state index contributed by atoms with van der Waals surface area (Å²) in [5.41, 5.74) is 0.252. The van der Waals surface area contributed by atoms with Gasteiger partial charge in [0.2, 0.25) is 0 Å². The van der Waals surface area contributed by atoms with Crippen molar-refractivity contribution >= 4 is 23.7 Å². The van der Waals surface area contributed by atoms with Gasteiger partial charge in [0, 0.05) is 0 Å². The number of hydrogen-bond acceptors (Lipinski definition) is 5. The molecule has 172 valence electrons. The van der Waals surface area contributed by atoms with E-state index in [4.69, 9.17) is 0 Å². The third-order valence-corrected chi connectivity index (χ3v) is 7.86. The molecule has 0 aliphatic heterocycles. The highest BCUT2D eigenvalue weighted by Crippen LogP contribution is 2.57. The fourth-order valence-electron chi connectivity index (χ4n) is 4.25. The smallest absolute Gasteiger partial charge is 0.312 e. The Labute approximate surface area is 188 Å². The molecule has 2 aliphatic rings. The van der Waals surface area contributed by atoms with Gasteiger partial charge in [-0.25, -0.2) is 0 Å². The number of aliphatic hydroxyl groups is 2. The van der Waals surface area contributed by atoms with Crippen molar-refractivity contribution in [3.8, 4) is 0 Å². The monoisotopic (exact) mass is 450 g/mol. The van der Waals surface area contributed by atoms with Crippen molar-refractivity contribution in [1.29, 1.82) is 0 Å². The maximum Gasteiger partial charge on any atom is 0.312 e. The molecule has 0 fully saturated rings. The molecule has 0 amide bonds. The molecule has 0 radical (unpaired) electrons. The molecule has 0 aromatic carbocycles. The SMILES string of the molecule is CC(C)(C)C1=C(O)C(C)(SC2(C)C(O)=C(C(C)(C)C)C=CC2C(=O)O)C(C(=O)O)C=C1. The Hall–Kier alpha value is -2.15. The molecule has 0 spiro atoms. The van der Waals surface area contributed by atoms with E-state index >= 15 is 0 Å². The number of allylic oxidation sites excluding steroid dienone is 4. The van der Waals surface area contributed by atoms with Gasteiger partial charge in [-0.05, 0) is 35.8 Å². The molecule has 4 unspecified atom stereocenters. The molecular formula is C24H34O6S. The van der Waals surface area contributed by atoms with E-state index in [0.717, 1.165) is 11.8 Å². The fourth-order valence-corrected chi connectivity index (χ4v) is 6.16. The van der Waals surface area contributed by atoms with Crippen LogP contribution in [-0.4, -0.2) is 41.9 Å². The highest BCUT2D eigenvalue weighted by atomic mass is 32.2. The number of carboxylic acids is 2. The van der Waals surface area contributed by atoms with Crippen LogP contribution in [0.2, 0.25) is 0 Å². The van der Waals surface area contributed by atoms with Crippen molar-refractivity contribution in [3.05, 3.63) is 47.0 Å². The highest BCUT2D eigenvalue weighted by molar-refractivity contribution is 8.02. The molecule has 0 bridgehead atoms. The van der Waals surface area contributed by atoms with Crippen molar-refractivity contribution in [2.75, 3.05) is 0 Å². The first-order valence-corrected chi connectivity index (χ1v) is 11.1. The van der Waals surface area contributed by atoms with E-state index in [0.29, 0.717) is 11.1 Å². The molecule has 0 aromatic rings. The standard InChI is InChI=1S/C24H34O6S/c1-21(2,3)13-9-11-15(19(27)28)23(7,17(13)25)31-24(8)16(20(29)30)12-10-14(18(24)26)22(4,5)6/h9-12,15-16,25-26H,1-8H3,(H,27,28)(H,29,30). The predicted molar refractivity (Wildman–Crippen MR) is 123 cm³/mol. The third kappa shape index (κ3) is 4.29. The van der Waals surface area contributed by atoms with Crippen LogP contribution >= 0.6 is 11.8 Å². The van der Waals surface area contributed by atoms with Crippen LogP contribution in [-0.2, 0) is 9.59 Å². The van der Waals surface area contributed by atoms with Gasteiger partial charge in [-0.15, -0.1) is 11.8 Å². The Morgan fingerprint density at radius 2 is 1.06 bits per heavy atom. The fraction of sp³-hybridized carbons (Fsp3) is 0.583. The summed E-state index contributed by atoms with van der Waals surface area (Å²) in [6.07, 6.45) is 6.34. The first-order chi connectivity index (χ1) is 13.9. The van der Waals surface area contributed by atoms with Crippen LogP contribution in [0.5, 0.6) is 0 Å². The van der Waals surface area contributed by atoms with E-state index < -0.39 is 44.1 Å². The molecule has 4 N–H and O–H groups in total. The molecule has 0 saturated heterocycles. The normalized spacial score (nSPS) is 31.9. The minimum absolute atomic E-state index is 0.107. The van der Waals surface area contributed by atoms with E-state index in [2.05, 4.69) is 0 Å². The Morgan fingerprint density at radius 3 is 1.29 bits per heavy atom. The molecule has 0 aromatic heterocycles. The molecule has 2 aliphatic carbocycles. The first-order valence-electron chi connectivity index (χ1n) is 10.3. The summed E-state index contributed by atoms with van der Waals surface area (Å²) in [6.45, 7) is 14.7. The topological polar surface area (TPSA) is 115 Å². The van der Waals surface area contributed by atoms with Crippen LogP contribution in [0.15, 0.2) is 47.0 Å². The number of carboxylic acid groups (broad SMARTS) is 2. The van der Waals surface area contributed by atoms with Crippen LogP contribution in [0, 0.1) is 22.7 Å². The average molecular weight is 451 g/mol. The molecule has 6 nitrogen and oxygen atoms in total. The summed E-state index contributed by atoms with van der Waals surface area (Å²) < 4.78 is -2.79.